The van der Waals surface area contributed by atoms with Crippen molar-refractivity contribution in [3.63, 3.8) is 0 Å². The number of pyridine rings is 1. The van der Waals surface area contributed by atoms with E-state index in [1.807, 2.05) is 0 Å². The molecule has 0 radical (unpaired) electrons. The molecule has 2 amide bonds. The number of rotatable bonds is 5. The lowest BCUT2D eigenvalue weighted by Gasteiger charge is -1.97. The van der Waals surface area contributed by atoms with E-state index >= 15 is 0 Å². The summed E-state index contributed by atoms with van der Waals surface area (Å²) in [6, 6.07) is 3.14. The van der Waals surface area contributed by atoms with Crippen LogP contribution in [0.1, 0.15) is 23.7 Å². The van der Waals surface area contributed by atoms with Crippen molar-refractivity contribution < 1.29 is 9.59 Å². The van der Waals surface area contributed by atoms with E-state index in [-0.39, 0.29) is 11.8 Å². The van der Waals surface area contributed by atoms with Crippen molar-refractivity contribution in [1.82, 2.24) is 15.8 Å². The van der Waals surface area contributed by atoms with Crippen LogP contribution in [0.2, 0.25) is 0 Å². The van der Waals surface area contributed by atoms with Crippen LogP contribution in [0.3, 0.4) is 0 Å². The molecule has 0 aliphatic carbocycles. The van der Waals surface area contributed by atoms with E-state index in [9.17, 15) is 9.59 Å². The molecular weight excluding hydrogens is 234 g/mol. The molecule has 0 spiro atoms. The molecule has 1 heterocycles. The van der Waals surface area contributed by atoms with Crippen molar-refractivity contribution in [1.29, 1.82) is 0 Å². The normalized spacial score (nSPS) is 10.7. The van der Waals surface area contributed by atoms with Crippen LogP contribution in [-0.2, 0) is 4.79 Å². The minimum atomic E-state index is -0.348. The quantitative estimate of drug-likeness (QED) is 0.579. The van der Waals surface area contributed by atoms with Crippen LogP contribution in [0.25, 0.3) is 0 Å². The predicted octanol–water partition coefficient (Wildman–Crippen LogP) is 0.309. The maximum absolute atomic E-state index is 11.5. The van der Waals surface area contributed by atoms with Crippen molar-refractivity contribution in [3.8, 4) is 0 Å². The minimum Gasteiger partial charge on any atom is -0.273 e. The van der Waals surface area contributed by atoms with E-state index < -0.39 is 0 Å². The fourth-order valence-corrected chi connectivity index (χ4v) is 0.919. The van der Waals surface area contributed by atoms with Gasteiger partial charge in [0.2, 0.25) is 5.91 Å². The number of carbonyl (C=O) groups is 2. The summed E-state index contributed by atoms with van der Waals surface area (Å²) in [5, 5.41) is 7.20. The lowest BCUT2D eigenvalue weighted by atomic mass is 10.3. The molecule has 94 valence electrons. The van der Waals surface area contributed by atoms with Gasteiger partial charge in [0.1, 0.15) is 0 Å². The standard InChI is InChI=1S/C11H13N5O2/c1-2-10(17)15-13-7-8-14-16-11(18)9-3-5-12-6-4-9/h3-8H,2H2,1H3,(H,15,17)(H,16,18)/b13-7+,14-8-. The first-order valence-electron chi connectivity index (χ1n) is 5.28. The van der Waals surface area contributed by atoms with Crippen LogP contribution in [0, 0.1) is 0 Å². The lowest BCUT2D eigenvalue weighted by molar-refractivity contribution is -0.120. The Morgan fingerprint density at radius 3 is 2.44 bits per heavy atom. The molecule has 0 aromatic carbocycles. The summed E-state index contributed by atoms with van der Waals surface area (Å²) in [5.41, 5.74) is 5.03. The average molecular weight is 247 g/mol. The Labute approximate surface area is 104 Å². The molecule has 0 saturated heterocycles. The van der Waals surface area contributed by atoms with Crippen LogP contribution < -0.4 is 10.9 Å². The monoisotopic (exact) mass is 247 g/mol. The number of hydrogen-bond donors (Lipinski definition) is 2. The number of nitrogens with zero attached hydrogens (tertiary/aromatic N) is 3. The number of aromatic nitrogens is 1. The highest BCUT2D eigenvalue weighted by molar-refractivity contribution is 6.16. The molecule has 0 saturated carbocycles. The van der Waals surface area contributed by atoms with E-state index in [0.29, 0.717) is 12.0 Å². The first-order chi connectivity index (χ1) is 8.74. The number of carbonyl (C=O) groups excluding carboxylic acids is 2. The topological polar surface area (TPSA) is 95.8 Å². The Morgan fingerprint density at radius 2 is 1.83 bits per heavy atom. The molecule has 7 heteroatoms. The number of nitrogens with one attached hydrogen (secondary N) is 2. The zero-order valence-electron chi connectivity index (χ0n) is 9.83. The fraction of sp³-hybridized carbons (Fsp3) is 0.182. The van der Waals surface area contributed by atoms with Gasteiger partial charge in [-0.15, -0.1) is 0 Å². The van der Waals surface area contributed by atoms with Gasteiger partial charge in [-0.3, -0.25) is 14.6 Å². The average Bonchev–Trinajstić information content (AvgIpc) is 2.43. The SMILES string of the molecule is CCC(=O)N/N=C/C=N\NC(=O)c1ccncc1. The number of amides is 2. The Balaban J connectivity index is 2.33. The Hall–Kier alpha value is -2.57. The highest BCUT2D eigenvalue weighted by Gasteiger charge is 2.01. The highest BCUT2D eigenvalue weighted by atomic mass is 16.2. The van der Waals surface area contributed by atoms with Gasteiger partial charge in [0, 0.05) is 24.4 Å². The Bertz CT molecular complexity index is 456. The second-order valence-electron chi connectivity index (χ2n) is 3.12. The third kappa shape index (κ3) is 4.97. The van der Waals surface area contributed by atoms with E-state index in [1.54, 1.807) is 19.1 Å². The zero-order valence-corrected chi connectivity index (χ0v) is 9.83. The van der Waals surface area contributed by atoms with Crippen LogP contribution in [-0.4, -0.2) is 29.2 Å². The van der Waals surface area contributed by atoms with Crippen LogP contribution in [0.5, 0.6) is 0 Å². The molecule has 0 fully saturated rings. The van der Waals surface area contributed by atoms with Crippen LogP contribution in [0.4, 0.5) is 0 Å². The van der Waals surface area contributed by atoms with Crippen LogP contribution in [0.15, 0.2) is 34.7 Å². The van der Waals surface area contributed by atoms with Crippen LogP contribution >= 0.6 is 0 Å². The van der Waals surface area contributed by atoms with E-state index in [4.69, 9.17) is 0 Å². The van der Waals surface area contributed by atoms with Crippen molar-refractivity contribution in [2.45, 2.75) is 13.3 Å². The van der Waals surface area contributed by atoms with Gasteiger partial charge < -0.3 is 0 Å². The third-order valence-corrected chi connectivity index (χ3v) is 1.83. The molecular formula is C11H13N5O2. The summed E-state index contributed by atoms with van der Waals surface area (Å²) >= 11 is 0. The van der Waals surface area contributed by atoms with E-state index in [0.717, 1.165) is 0 Å². The van der Waals surface area contributed by atoms with Gasteiger partial charge in [0.15, 0.2) is 0 Å². The largest absolute Gasteiger partial charge is 0.273 e. The van der Waals surface area contributed by atoms with E-state index in [2.05, 4.69) is 26.0 Å². The van der Waals surface area contributed by atoms with Gasteiger partial charge in [0.25, 0.3) is 5.91 Å². The molecule has 0 atom stereocenters. The second-order valence-corrected chi connectivity index (χ2v) is 3.12. The van der Waals surface area contributed by atoms with Crippen molar-refractivity contribution in [3.05, 3.63) is 30.1 Å². The molecule has 18 heavy (non-hydrogen) atoms. The summed E-state index contributed by atoms with van der Waals surface area (Å²) in [6.45, 7) is 1.72. The first-order valence-corrected chi connectivity index (χ1v) is 5.28. The molecule has 0 unspecified atom stereocenters. The number of hydrogen-bond acceptors (Lipinski definition) is 5. The summed E-state index contributed by atoms with van der Waals surface area (Å²) in [5.74, 6) is -0.542. The first kappa shape index (κ1) is 13.5. The van der Waals surface area contributed by atoms with Gasteiger partial charge >= 0.3 is 0 Å². The van der Waals surface area contributed by atoms with Gasteiger partial charge in [-0.1, -0.05) is 6.92 Å². The molecule has 0 aliphatic rings. The lowest BCUT2D eigenvalue weighted by Crippen LogP contribution is -2.18. The fourth-order valence-electron chi connectivity index (χ4n) is 0.919. The predicted molar refractivity (Wildman–Crippen MR) is 67.1 cm³/mol. The molecule has 1 aromatic heterocycles. The van der Waals surface area contributed by atoms with Gasteiger partial charge in [0.05, 0.1) is 12.4 Å². The minimum absolute atomic E-state index is 0.194. The van der Waals surface area contributed by atoms with Crippen molar-refractivity contribution >= 4 is 24.2 Å². The van der Waals surface area contributed by atoms with Gasteiger partial charge in [-0.05, 0) is 12.1 Å². The molecule has 2 N–H and O–H groups in total. The molecule has 0 aliphatic heterocycles. The van der Waals surface area contributed by atoms with Crippen molar-refractivity contribution in [2.75, 3.05) is 0 Å². The summed E-state index contributed by atoms with van der Waals surface area (Å²) < 4.78 is 0. The molecule has 7 nitrogen and oxygen atoms in total. The highest BCUT2D eigenvalue weighted by Crippen LogP contribution is 1.94. The van der Waals surface area contributed by atoms with Gasteiger partial charge in [-0.2, -0.15) is 10.2 Å². The Kier molecular flexibility index (Phi) is 5.74. The molecule has 1 rings (SSSR count). The number of hydrazone groups is 2. The second kappa shape index (κ2) is 7.66. The maximum Gasteiger partial charge on any atom is 0.271 e. The van der Waals surface area contributed by atoms with E-state index in [1.165, 1.54) is 24.8 Å². The Morgan fingerprint density at radius 1 is 1.22 bits per heavy atom. The third-order valence-electron chi connectivity index (χ3n) is 1.83. The molecule has 0 bridgehead atoms. The maximum atomic E-state index is 11.5. The van der Waals surface area contributed by atoms with Gasteiger partial charge in [-0.25, -0.2) is 10.9 Å². The smallest absolute Gasteiger partial charge is 0.271 e. The summed E-state index contributed by atoms with van der Waals surface area (Å²) in [7, 11) is 0. The van der Waals surface area contributed by atoms with Crippen molar-refractivity contribution in [2.24, 2.45) is 10.2 Å². The summed E-state index contributed by atoms with van der Waals surface area (Å²) in [6.07, 6.45) is 5.91. The molecule has 1 aromatic rings. The summed E-state index contributed by atoms with van der Waals surface area (Å²) in [4.78, 5) is 26.1. The zero-order chi connectivity index (χ0) is 13.2.